The molecule has 1 rings (SSSR count). The van der Waals surface area contributed by atoms with E-state index in [0.717, 1.165) is 18.2 Å². The quantitative estimate of drug-likeness (QED) is 0.627. The first-order chi connectivity index (χ1) is 7.33. The van der Waals surface area contributed by atoms with Crippen molar-refractivity contribution in [3.05, 3.63) is 24.0 Å². The van der Waals surface area contributed by atoms with Crippen molar-refractivity contribution in [3.63, 3.8) is 0 Å². The van der Waals surface area contributed by atoms with Gasteiger partial charge in [0.15, 0.2) is 0 Å². The maximum absolute atomic E-state index is 12.6. The van der Waals surface area contributed by atoms with Crippen LogP contribution < -0.4 is 11.1 Å². The van der Waals surface area contributed by atoms with Gasteiger partial charge in [-0.25, -0.2) is 13.2 Å². The van der Waals surface area contributed by atoms with Gasteiger partial charge in [-0.15, -0.1) is 0 Å². The molecule has 16 heavy (non-hydrogen) atoms. The number of hydrogen-bond donors (Lipinski definition) is 2. The number of halogens is 5. The molecule has 0 amide bonds. The maximum Gasteiger partial charge on any atom is 0.324 e. The highest BCUT2D eigenvalue weighted by molar-refractivity contribution is 5.65. The Kier molecular flexibility index (Phi) is 3.56. The molecule has 90 valence electrons. The highest BCUT2D eigenvalue weighted by Gasteiger charge is 2.40. The third-order valence-electron chi connectivity index (χ3n) is 1.85. The fourth-order valence-electron chi connectivity index (χ4n) is 0.985. The van der Waals surface area contributed by atoms with E-state index in [1.54, 1.807) is 0 Å². The smallest absolute Gasteiger partial charge is 0.324 e. The van der Waals surface area contributed by atoms with Crippen LogP contribution in [0, 0.1) is 5.82 Å². The topological polar surface area (TPSA) is 38.0 Å². The van der Waals surface area contributed by atoms with E-state index >= 15 is 0 Å². The van der Waals surface area contributed by atoms with Gasteiger partial charge in [-0.1, -0.05) is 0 Å². The summed E-state index contributed by atoms with van der Waals surface area (Å²) < 4.78 is 61.2. The van der Waals surface area contributed by atoms with Gasteiger partial charge in [0.25, 0.3) is 0 Å². The Bertz CT molecular complexity index is 367. The lowest BCUT2D eigenvalue weighted by Crippen LogP contribution is -2.34. The highest BCUT2D eigenvalue weighted by Crippen LogP contribution is 2.25. The number of rotatable bonds is 4. The van der Waals surface area contributed by atoms with Crippen LogP contribution in [0.4, 0.5) is 33.3 Å². The zero-order valence-electron chi connectivity index (χ0n) is 7.98. The Morgan fingerprint density at radius 2 is 1.94 bits per heavy atom. The molecule has 0 unspecified atom stereocenters. The van der Waals surface area contributed by atoms with Crippen LogP contribution in [-0.4, -0.2) is 18.9 Å². The van der Waals surface area contributed by atoms with E-state index in [0.29, 0.717) is 0 Å². The van der Waals surface area contributed by atoms with Gasteiger partial charge in [0.2, 0.25) is 0 Å². The summed E-state index contributed by atoms with van der Waals surface area (Å²) in [6.45, 7) is -1.26. The average Bonchev–Trinajstić information content (AvgIpc) is 2.16. The van der Waals surface area contributed by atoms with Crippen LogP contribution in [0.3, 0.4) is 0 Å². The number of hydrogen-bond acceptors (Lipinski definition) is 2. The number of nitrogen functional groups attached to an aromatic ring is 1. The van der Waals surface area contributed by atoms with E-state index in [9.17, 15) is 22.0 Å². The standard InChI is InChI=1S/C9H9F5N2/c10-5-1-2-7(6(15)3-5)16-4-9(13,14)8(11)12/h1-3,8,16H,4,15H2. The average molecular weight is 240 g/mol. The van der Waals surface area contributed by atoms with Gasteiger partial charge in [0.05, 0.1) is 17.9 Å². The largest absolute Gasteiger partial charge is 0.397 e. The van der Waals surface area contributed by atoms with E-state index in [1.807, 2.05) is 5.32 Å². The zero-order valence-corrected chi connectivity index (χ0v) is 7.98. The van der Waals surface area contributed by atoms with Gasteiger partial charge in [-0.3, -0.25) is 0 Å². The molecule has 0 saturated heterocycles. The second kappa shape index (κ2) is 4.54. The fourth-order valence-corrected chi connectivity index (χ4v) is 0.985. The van der Waals surface area contributed by atoms with Gasteiger partial charge >= 0.3 is 12.3 Å². The van der Waals surface area contributed by atoms with Crippen LogP contribution in [0.15, 0.2) is 18.2 Å². The fraction of sp³-hybridized carbons (Fsp3) is 0.333. The van der Waals surface area contributed by atoms with Gasteiger partial charge < -0.3 is 11.1 Å². The Morgan fingerprint density at radius 1 is 1.31 bits per heavy atom. The van der Waals surface area contributed by atoms with E-state index in [2.05, 4.69) is 0 Å². The van der Waals surface area contributed by atoms with Gasteiger partial charge in [0.1, 0.15) is 5.82 Å². The summed E-state index contributed by atoms with van der Waals surface area (Å²) in [5, 5.41) is 2.04. The number of nitrogens with two attached hydrogens (primary N) is 1. The molecule has 0 saturated carbocycles. The van der Waals surface area contributed by atoms with E-state index in [1.165, 1.54) is 0 Å². The molecule has 0 heterocycles. The molecule has 0 aliphatic carbocycles. The molecule has 1 aromatic rings. The highest BCUT2D eigenvalue weighted by atomic mass is 19.3. The van der Waals surface area contributed by atoms with Crippen LogP contribution in [-0.2, 0) is 0 Å². The van der Waals surface area contributed by atoms with Crippen LogP contribution in [0.5, 0.6) is 0 Å². The summed E-state index contributed by atoms with van der Waals surface area (Å²) in [5.74, 6) is -4.79. The Hall–Kier alpha value is -1.53. The van der Waals surface area contributed by atoms with Crippen molar-refractivity contribution < 1.29 is 22.0 Å². The molecule has 2 nitrogen and oxygen atoms in total. The van der Waals surface area contributed by atoms with E-state index in [4.69, 9.17) is 5.73 Å². The minimum Gasteiger partial charge on any atom is -0.397 e. The van der Waals surface area contributed by atoms with Crippen LogP contribution in [0.25, 0.3) is 0 Å². The lowest BCUT2D eigenvalue weighted by Gasteiger charge is -2.17. The first kappa shape index (κ1) is 12.5. The molecule has 0 atom stereocenters. The molecular formula is C9H9F5N2. The van der Waals surface area contributed by atoms with Crippen LogP contribution in [0.1, 0.15) is 0 Å². The van der Waals surface area contributed by atoms with Crippen molar-refractivity contribution in [2.24, 2.45) is 0 Å². The predicted molar refractivity (Wildman–Crippen MR) is 50.3 cm³/mol. The molecule has 0 aromatic heterocycles. The molecule has 7 heteroatoms. The molecule has 0 fully saturated rings. The Balaban J connectivity index is 2.68. The predicted octanol–water partition coefficient (Wildman–Crippen LogP) is 2.72. The minimum atomic E-state index is -4.15. The number of anilines is 2. The number of nitrogens with one attached hydrogen (secondary N) is 1. The molecule has 0 radical (unpaired) electrons. The van der Waals surface area contributed by atoms with Crippen molar-refractivity contribution in [1.82, 2.24) is 0 Å². The molecule has 1 aromatic carbocycles. The third kappa shape index (κ3) is 2.98. The molecule has 0 bridgehead atoms. The lowest BCUT2D eigenvalue weighted by molar-refractivity contribution is -0.117. The number of alkyl halides is 4. The van der Waals surface area contributed by atoms with E-state index in [-0.39, 0.29) is 11.4 Å². The monoisotopic (exact) mass is 240 g/mol. The van der Waals surface area contributed by atoms with Crippen molar-refractivity contribution in [2.75, 3.05) is 17.6 Å². The first-order valence-electron chi connectivity index (χ1n) is 4.28. The Labute approximate surface area is 88.2 Å². The summed E-state index contributed by atoms with van der Waals surface area (Å²) in [6, 6.07) is 2.99. The zero-order chi connectivity index (χ0) is 12.3. The summed E-state index contributed by atoms with van der Waals surface area (Å²) in [5.41, 5.74) is 5.16. The normalized spacial score (nSPS) is 11.9. The maximum atomic E-state index is 12.6. The molecule has 3 N–H and O–H groups in total. The second-order valence-corrected chi connectivity index (χ2v) is 3.15. The SMILES string of the molecule is Nc1cc(F)ccc1NCC(F)(F)C(F)F. The lowest BCUT2D eigenvalue weighted by atomic mass is 10.2. The van der Waals surface area contributed by atoms with Crippen LogP contribution >= 0.6 is 0 Å². The molecule has 0 aliphatic rings. The van der Waals surface area contributed by atoms with Crippen molar-refractivity contribution >= 4 is 11.4 Å². The van der Waals surface area contributed by atoms with Gasteiger partial charge in [-0.05, 0) is 18.2 Å². The van der Waals surface area contributed by atoms with Gasteiger partial charge in [-0.2, -0.15) is 8.78 Å². The Morgan fingerprint density at radius 3 is 2.44 bits per heavy atom. The minimum absolute atomic E-state index is 0.0123. The molecule has 0 spiro atoms. The third-order valence-corrected chi connectivity index (χ3v) is 1.85. The summed E-state index contributed by atoms with van der Waals surface area (Å²) >= 11 is 0. The van der Waals surface area contributed by atoms with Crippen molar-refractivity contribution in [3.8, 4) is 0 Å². The molecular weight excluding hydrogens is 231 g/mol. The van der Waals surface area contributed by atoms with Crippen molar-refractivity contribution in [1.29, 1.82) is 0 Å². The number of benzene rings is 1. The van der Waals surface area contributed by atoms with Gasteiger partial charge in [0, 0.05) is 0 Å². The van der Waals surface area contributed by atoms with E-state index < -0.39 is 24.7 Å². The second-order valence-electron chi connectivity index (χ2n) is 3.15. The summed E-state index contributed by atoms with van der Waals surface area (Å²) in [6.07, 6.45) is -3.76. The molecule has 0 aliphatic heterocycles. The summed E-state index contributed by atoms with van der Waals surface area (Å²) in [7, 11) is 0. The first-order valence-corrected chi connectivity index (χ1v) is 4.28. The summed E-state index contributed by atoms with van der Waals surface area (Å²) in [4.78, 5) is 0. The van der Waals surface area contributed by atoms with Crippen LogP contribution in [0.2, 0.25) is 0 Å². The van der Waals surface area contributed by atoms with Crippen molar-refractivity contribution in [2.45, 2.75) is 12.3 Å².